The number of hydrogen-bond donors (Lipinski definition) is 3. The molecule has 1 aromatic carbocycles. The van der Waals surface area contributed by atoms with Crippen LogP contribution in [0.3, 0.4) is 0 Å². The van der Waals surface area contributed by atoms with Crippen LogP contribution in [0.15, 0.2) is 24.3 Å². The molecule has 1 aliphatic rings. The van der Waals surface area contributed by atoms with E-state index in [9.17, 15) is 9.59 Å². The molecule has 0 atom stereocenters. The molecule has 130 valence electrons. The minimum Gasteiger partial charge on any atom is -0.332 e. The van der Waals surface area contributed by atoms with Gasteiger partial charge in [-0.15, -0.1) is 0 Å². The molecule has 0 bridgehead atoms. The summed E-state index contributed by atoms with van der Waals surface area (Å²) in [5.41, 5.74) is 1.50. The van der Waals surface area contributed by atoms with Gasteiger partial charge in [0.25, 0.3) is 0 Å². The van der Waals surface area contributed by atoms with Gasteiger partial charge in [0.15, 0.2) is 5.11 Å². The average Bonchev–Trinajstić information content (AvgIpc) is 3.01. The summed E-state index contributed by atoms with van der Waals surface area (Å²) < 4.78 is 0. The predicted molar refractivity (Wildman–Crippen MR) is 101 cm³/mol. The molecule has 1 saturated carbocycles. The molecule has 1 aromatic rings. The van der Waals surface area contributed by atoms with Crippen molar-refractivity contribution in [2.75, 3.05) is 10.6 Å². The fourth-order valence-electron chi connectivity index (χ4n) is 2.74. The number of hydrogen-bond acceptors (Lipinski definition) is 3. The van der Waals surface area contributed by atoms with E-state index in [1.54, 1.807) is 12.1 Å². The summed E-state index contributed by atoms with van der Waals surface area (Å²) in [5, 5.41) is 8.84. The third-order valence-electron chi connectivity index (χ3n) is 4.14. The lowest BCUT2D eigenvalue weighted by atomic mass is 10.0. The number of carbonyl (C=O) groups excluding carboxylic acids is 2. The second-order valence-corrected chi connectivity index (χ2v) is 6.99. The topological polar surface area (TPSA) is 70.2 Å². The van der Waals surface area contributed by atoms with Gasteiger partial charge in [-0.25, -0.2) is 0 Å². The van der Waals surface area contributed by atoms with Gasteiger partial charge in [0, 0.05) is 23.7 Å². The van der Waals surface area contributed by atoms with Gasteiger partial charge in [0.2, 0.25) is 11.8 Å². The van der Waals surface area contributed by atoms with E-state index in [0.717, 1.165) is 24.2 Å². The van der Waals surface area contributed by atoms with Crippen LogP contribution >= 0.6 is 12.2 Å². The largest absolute Gasteiger partial charge is 0.332 e. The van der Waals surface area contributed by atoms with Gasteiger partial charge >= 0.3 is 0 Å². The lowest BCUT2D eigenvalue weighted by molar-refractivity contribution is -0.120. The maximum absolute atomic E-state index is 12.0. The number of nitrogens with one attached hydrogen (secondary N) is 3. The summed E-state index contributed by atoms with van der Waals surface area (Å²) in [5.74, 6) is 0.382. The van der Waals surface area contributed by atoms with Gasteiger partial charge in [-0.1, -0.05) is 26.7 Å². The van der Waals surface area contributed by atoms with E-state index in [4.69, 9.17) is 12.2 Å². The van der Waals surface area contributed by atoms with Crippen LogP contribution in [0.1, 0.15) is 46.0 Å². The maximum Gasteiger partial charge on any atom is 0.226 e. The van der Waals surface area contributed by atoms with Crippen molar-refractivity contribution in [3.8, 4) is 0 Å². The monoisotopic (exact) mass is 347 g/mol. The smallest absolute Gasteiger partial charge is 0.226 e. The summed E-state index contributed by atoms with van der Waals surface area (Å²) in [4.78, 5) is 23.6. The highest BCUT2D eigenvalue weighted by Gasteiger charge is 2.18. The quantitative estimate of drug-likeness (QED) is 0.711. The standard InChI is InChI=1S/C18H25N3O2S/c1-12(2)17(23)19-14-7-9-15(10-8-14)20-18(24)21-16(22)11-13-5-3-4-6-13/h7-10,12-13H,3-6,11H2,1-2H3,(H,19,23)(H2,20,21,22,24). The van der Waals surface area contributed by atoms with Gasteiger partial charge in [-0.3, -0.25) is 9.59 Å². The first kappa shape index (κ1) is 18.4. The van der Waals surface area contributed by atoms with E-state index in [1.807, 2.05) is 26.0 Å². The number of amides is 2. The minimum absolute atomic E-state index is 0.0228. The number of benzene rings is 1. The zero-order chi connectivity index (χ0) is 17.5. The van der Waals surface area contributed by atoms with Crippen LogP contribution in [-0.2, 0) is 9.59 Å². The van der Waals surface area contributed by atoms with E-state index in [2.05, 4.69) is 16.0 Å². The minimum atomic E-state index is -0.0644. The number of rotatable bonds is 5. The summed E-state index contributed by atoms with van der Waals surface area (Å²) in [6.07, 6.45) is 5.26. The van der Waals surface area contributed by atoms with Crippen LogP contribution < -0.4 is 16.0 Å². The van der Waals surface area contributed by atoms with Crippen LogP contribution in [0.5, 0.6) is 0 Å². The molecule has 0 aliphatic heterocycles. The Morgan fingerprint density at radius 3 is 2.17 bits per heavy atom. The molecule has 3 N–H and O–H groups in total. The highest BCUT2D eigenvalue weighted by molar-refractivity contribution is 7.80. The molecule has 0 aromatic heterocycles. The summed E-state index contributed by atoms with van der Waals surface area (Å²) in [6, 6.07) is 7.22. The van der Waals surface area contributed by atoms with Crippen molar-refractivity contribution in [1.82, 2.24) is 5.32 Å². The molecule has 0 spiro atoms. The molecule has 0 unspecified atom stereocenters. The highest BCUT2D eigenvalue weighted by atomic mass is 32.1. The molecule has 6 heteroatoms. The van der Waals surface area contributed by atoms with Gasteiger partial charge in [-0.05, 0) is 55.2 Å². The molecular formula is C18H25N3O2S. The Hall–Kier alpha value is -1.95. The van der Waals surface area contributed by atoms with Crippen molar-refractivity contribution in [2.24, 2.45) is 11.8 Å². The molecule has 0 heterocycles. The molecule has 2 rings (SSSR count). The highest BCUT2D eigenvalue weighted by Crippen LogP contribution is 2.27. The Bertz CT molecular complexity index is 593. The Balaban J connectivity index is 1.78. The molecule has 1 aliphatic carbocycles. The van der Waals surface area contributed by atoms with Crippen molar-refractivity contribution >= 4 is 40.5 Å². The van der Waals surface area contributed by atoms with Crippen LogP contribution in [0, 0.1) is 11.8 Å². The molecule has 0 radical (unpaired) electrons. The van der Waals surface area contributed by atoms with Gasteiger partial charge in [0.1, 0.15) is 0 Å². The molecular weight excluding hydrogens is 322 g/mol. The Kier molecular flexibility index (Phi) is 6.73. The Morgan fingerprint density at radius 1 is 1.08 bits per heavy atom. The molecule has 5 nitrogen and oxygen atoms in total. The second kappa shape index (κ2) is 8.78. The summed E-state index contributed by atoms with van der Waals surface area (Å²) in [6.45, 7) is 3.69. The second-order valence-electron chi connectivity index (χ2n) is 6.58. The first-order valence-electron chi connectivity index (χ1n) is 8.46. The summed E-state index contributed by atoms with van der Waals surface area (Å²) in [7, 11) is 0. The van der Waals surface area contributed by atoms with Crippen molar-refractivity contribution in [2.45, 2.75) is 46.0 Å². The predicted octanol–water partition coefficient (Wildman–Crippen LogP) is 3.67. The number of carbonyl (C=O) groups is 2. The van der Waals surface area contributed by atoms with Gasteiger partial charge in [0.05, 0.1) is 0 Å². The Labute approximate surface area is 148 Å². The maximum atomic E-state index is 12.0. The first-order valence-corrected chi connectivity index (χ1v) is 8.86. The van der Waals surface area contributed by atoms with E-state index >= 15 is 0 Å². The van der Waals surface area contributed by atoms with Crippen LogP contribution in [-0.4, -0.2) is 16.9 Å². The average molecular weight is 347 g/mol. The molecule has 2 amide bonds. The third-order valence-corrected chi connectivity index (χ3v) is 4.34. The van der Waals surface area contributed by atoms with E-state index in [1.165, 1.54) is 12.8 Å². The number of anilines is 2. The summed E-state index contributed by atoms with van der Waals surface area (Å²) >= 11 is 5.18. The van der Waals surface area contributed by atoms with Crippen molar-refractivity contribution in [1.29, 1.82) is 0 Å². The van der Waals surface area contributed by atoms with Crippen LogP contribution in [0.2, 0.25) is 0 Å². The van der Waals surface area contributed by atoms with Crippen molar-refractivity contribution in [3.63, 3.8) is 0 Å². The van der Waals surface area contributed by atoms with Crippen molar-refractivity contribution in [3.05, 3.63) is 24.3 Å². The third kappa shape index (κ3) is 5.92. The first-order chi connectivity index (χ1) is 11.4. The molecule has 24 heavy (non-hydrogen) atoms. The van der Waals surface area contributed by atoms with E-state index in [-0.39, 0.29) is 17.7 Å². The fraction of sp³-hybridized carbons (Fsp3) is 0.500. The van der Waals surface area contributed by atoms with Crippen LogP contribution in [0.25, 0.3) is 0 Å². The van der Waals surface area contributed by atoms with E-state index < -0.39 is 0 Å². The Morgan fingerprint density at radius 2 is 1.62 bits per heavy atom. The van der Waals surface area contributed by atoms with E-state index in [0.29, 0.717) is 17.5 Å². The normalized spacial score (nSPS) is 14.5. The zero-order valence-corrected chi connectivity index (χ0v) is 15.0. The molecule has 0 saturated heterocycles. The number of thiocarbonyl (C=S) groups is 1. The molecule has 1 fully saturated rings. The SMILES string of the molecule is CC(C)C(=O)Nc1ccc(NC(=S)NC(=O)CC2CCCC2)cc1. The van der Waals surface area contributed by atoms with Crippen LogP contribution in [0.4, 0.5) is 11.4 Å². The van der Waals surface area contributed by atoms with Gasteiger partial charge < -0.3 is 16.0 Å². The zero-order valence-electron chi connectivity index (χ0n) is 14.2. The lowest BCUT2D eigenvalue weighted by Gasteiger charge is -2.13. The van der Waals surface area contributed by atoms with Crippen molar-refractivity contribution < 1.29 is 9.59 Å². The lowest BCUT2D eigenvalue weighted by Crippen LogP contribution is -2.34. The van der Waals surface area contributed by atoms with Gasteiger partial charge in [-0.2, -0.15) is 0 Å². The fourth-order valence-corrected chi connectivity index (χ4v) is 2.97.